The second-order valence-electron chi connectivity index (χ2n) is 10.6. The monoisotopic (exact) mass is 524 g/mol. The van der Waals surface area contributed by atoms with Crippen LogP contribution in [0.1, 0.15) is 76.3 Å². The molecule has 3 rings (SSSR count). The maximum absolute atomic E-state index is 12.9. The minimum absolute atomic E-state index is 0.0183. The lowest BCUT2D eigenvalue weighted by Gasteiger charge is -2.22. The van der Waals surface area contributed by atoms with Gasteiger partial charge in [0, 0.05) is 25.5 Å². The van der Waals surface area contributed by atoms with E-state index in [1.807, 2.05) is 36.4 Å². The van der Waals surface area contributed by atoms with E-state index in [1.165, 1.54) is 0 Å². The second-order valence-corrected chi connectivity index (χ2v) is 10.6. The maximum atomic E-state index is 12.9. The average molecular weight is 525 g/mol. The first-order valence-electron chi connectivity index (χ1n) is 13.4. The summed E-state index contributed by atoms with van der Waals surface area (Å²) in [4.78, 5) is 37.9. The third kappa shape index (κ3) is 8.58. The van der Waals surface area contributed by atoms with Gasteiger partial charge in [-0.2, -0.15) is 0 Å². The third-order valence-corrected chi connectivity index (χ3v) is 6.39. The van der Waals surface area contributed by atoms with Crippen LogP contribution in [0, 0.1) is 0 Å². The van der Waals surface area contributed by atoms with Crippen molar-refractivity contribution in [3.05, 3.63) is 59.7 Å². The molecule has 0 fully saturated rings. The van der Waals surface area contributed by atoms with Crippen molar-refractivity contribution in [3.63, 3.8) is 0 Å². The fraction of sp³-hybridized carbons (Fsp3) is 0.500. The zero-order valence-electron chi connectivity index (χ0n) is 22.6. The Bertz CT molecular complexity index is 1050. The van der Waals surface area contributed by atoms with Gasteiger partial charge in [0.15, 0.2) is 0 Å². The van der Waals surface area contributed by atoms with Gasteiger partial charge in [-0.1, -0.05) is 61.4 Å². The lowest BCUT2D eigenvalue weighted by molar-refractivity contribution is -0.155. The molecule has 0 bridgehead atoms. The quantitative estimate of drug-likeness (QED) is 0.259. The Hall–Kier alpha value is -3.39. The highest BCUT2D eigenvalue weighted by atomic mass is 16.6. The van der Waals surface area contributed by atoms with Crippen LogP contribution in [0.15, 0.2) is 48.5 Å². The van der Waals surface area contributed by atoms with Crippen molar-refractivity contribution < 1.29 is 29.0 Å². The van der Waals surface area contributed by atoms with Crippen LogP contribution in [-0.4, -0.2) is 54.5 Å². The number of amides is 2. The molecule has 2 amide bonds. The Kier molecular flexibility index (Phi) is 10.7. The molecule has 38 heavy (non-hydrogen) atoms. The molecule has 0 radical (unpaired) electrons. The zero-order valence-corrected chi connectivity index (χ0v) is 22.6. The number of esters is 1. The number of benzene rings is 2. The summed E-state index contributed by atoms with van der Waals surface area (Å²) in [5, 5.41) is 14.4. The molecule has 1 aliphatic rings. The second kappa shape index (κ2) is 14.0. The first-order valence-corrected chi connectivity index (χ1v) is 13.4. The SMILES string of the molecule is CC(C)(C)OC(=O)CCC(NC(=O)OCC1c2ccccc2-c2ccccc21)C(=O)NCCCCCCO. The van der Waals surface area contributed by atoms with Crippen molar-refractivity contribution >= 4 is 18.0 Å². The minimum Gasteiger partial charge on any atom is -0.460 e. The van der Waals surface area contributed by atoms with Gasteiger partial charge in [0.2, 0.25) is 5.91 Å². The molecule has 0 aromatic heterocycles. The van der Waals surface area contributed by atoms with Crippen molar-refractivity contribution in [1.29, 1.82) is 0 Å². The topological polar surface area (TPSA) is 114 Å². The predicted molar refractivity (Wildman–Crippen MR) is 146 cm³/mol. The molecule has 0 saturated carbocycles. The lowest BCUT2D eigenvalue weighted by atomic mass is 9.98. The molecule has 0 saturated heterocycles. The normalized spacial score (nSPS) is 13.3. The number of ether oxygens (including phenoxy) is 2. The third-order valence-electron chi connectivity index (χ3n) is 6.39. The molecule has 8 heteroatoms. The molecule has 0 heterocycles. The van der Waals surface area contributed by atoms with Crippen LogP contribution in [0.4, 0.5) is 4.79 Å². The largest absolute Gasteiger partial charge is 0.460 e. The fourth-order valence-corrected chi connectivity index (χ4v) is 4.63. The van der Waals surface area contributed by atoms with E-state index in [0.717, 1.165) is 47.9 Å². The Labute approximate surface area is 225 Å². The number of aliphatic hydroxyl groups is 1. The Balaban J connectivity index is 1.59. The Morgan fingerprint density at radius 3 is 2.13 bits per heavy atom. The van der Waals surface area contributed by atoms with E-state index >= 15 is 0 Å². The van der Waals surface area contributed by atoms with E-state index in [9.17, 15) is 14.4 Å². The van der Waals surface area contributed by atoms with E-state index < -0.39 is 23.7 Å². The molecular formula is C30H40N2O6. The van der Waals surface area contributed by atoms with Gasteiger partial charge in [0.1, 0.15) is 18.2 Å². The molecule has 0 spiro atoms. The van der Waals surface area contributed by atoms with Gasteiger partial charge in [0.05, 0.1) is 0 Å². The number of hydrogen-bond acceptors (Lipinski definition) is 6. The summed E-state index contributed by atoms with van der Waals surface area (Å²) in [7, 11) is 0. The molecule has 2 aromatic rings. The van der Waals surface area contributed by atoms with Crippen LogP contribution in [0.2, 0.25) is 0 Å². The van der Waals surface area contributed by atoms with Crippen molar-refractivity contribution in [2.45, 2.75) is 76.9 Å². The fourth-order valence-electron chi connectivity index (χ4n) is 4.63. The number of rotatable bonds is 13. The first kappa shape index (κ1) is 29.2. The smallest absolute Gasteiger partial charge is 0.407 e. The summed E-state index contributed by atoms with van der Waals surface area (Å²) in [5.41, 5.74) is 3.82. The number of carbonyl (C=O) groups excluding carboxylic acids is 3. The van der Waals surface area contributed by atoms with E-state index in [0.29, 0.717) is 6.54 Å². The number of alkyl carbamates (subject to hydrolysis) is 1. The van der Waals surface area contributed by atoms with Crippen molar-refractivity contribution in [1.82, 2.24) is 10.6 Å². The number of unbranched alkanes of at least 4 members (excludes halogenated alkanes) is 3. The van der Waals surface area contributed by atoms with Gasteiger partial charge >= 0.3 is 12.1 Å². The van der Waals surface area contributed by atoms with Crippen molar-refractivity contribution in [2.24, 2.45) is 0 Å². The summed E-state index contributed by atoms with van der Waals surface area (Å²) in [6, 6.07) is 15.2. The highest BCUT2D eigenvalue weighted by molar-refractivity contribution is 5.86. The van der Waals surface area contributed by atoms with Crippen molar-refractivity contribution in [2.75, 3.05) is 19.8 Å². The summed E-state index contributed by atoms with van der Waals surface area (Å²) in [6.45, 7) is 6.07. The number of carbonyl (C=O) groups is 3. The number of fused-ring (bicyclic) bond motifs is 3. The van der Waals surface area contributed by atoms with Crippen LogP contribution in [0.3, 0.4) is 0 Å². The lowest BCUT2D eigenvalue weighted by Crippen LogP contribution is -2.47. The van der Waals surface area contributed by atoms with Gasteiger partial charge in [-0.3, -0.25) is 9.59 Å². The van der Waals surface area contributed by atoms with Crippen LogP contribution in [0.25, 0.3) is 11.1 Å². The standard InChI is InChI=1S/C30H40N2O6/c1-30(2,3)38-27(34)17-16-26(28(35)31-18-10-4-5-11-19-33)32-29(36)37-20-25-23-14-8-6-12-21(23)22-13-7-9-15-24(22)25/h6-9,12-15,25-26,33H,4-5,10-11,16-20H2,1-3H3,(H,31,35)(H,32,36). The average Bonchev–Trinajstić information content (AvgIpc) is 3.20. The van der Waals surface area contributed by atoms with E-state index in [4.69, 9.17) is 14.6 Å². The van der Waals surface area contributed by atoms with E-state index in [1.54, 1.807) is 20.8 Å². The van der Waals surface area contributed by atoms with E-state index in [2.05, 4.69) is 22.8 Å². The van der Waals surface area contributed by atoms with Crippen LogP contribution in [0.5, 0.6) is 0 Å². The molecule has 1 atom stereocenters. The van der Waals surface area contributed by atoms with Gasteiger partial charge in [0.25, 0.3) is 0 Å². The van der Waals surface area contributed by atoms with Crippen LogP contribution >= 0.6 is 0 Å². The summed E-state index contributed by atoms with van der Waals surface area (Å²) in [6.07, 6.45) is 2.62. The molecule has 8 nitrogen and oxygen atoms in total. The molecule has 3 N–H and O–H groups in total. The van der Waals surface area contributed by atoms with Gasteiger partial charge in [-0.05, 0) is 62.3 Å². The first-order chi connectivity index (χ1) is 18.2. The van der Waals surface area contributed by atoms with E-state index in [-0.39, 0.29) is 37.9 Å². The minimum atomic E-state index is -0.935. The Morgan fingerprint density at radius 1 is 0.921 bits per heavy atom. The summed E-state index contributed by atoms with van der Waals surface area (Å²) in [5.74, 6) is -0.904. The molecular weight excluding hydrogens is 484 g/mol. The van der Waals surface area contributed by atoms with Crippen LogP contribution in [-0.2, 0) is 19.1 Å². The molecule has 206 valence electrons. The number of aliphatic hydroxyl groups excluding tert-OH is 1. The number of nitrogens with one attached hydrogen (secondary N) is 2. The number of hydrogen-bond donors (Lipinski definition) is 3. The highest BCUT2D eigenvalue weighted by Gasteiger charge is 2.30. The Morgan fingerprint density at radius 2 is 1.53 bits per heavy atom. The van der Waals surface area contributed by atoms with Crippen LogP contribution < -0.4 is 10.6 Å². The molecule has 2 aromatic carbocycles. The predicted octanol–water partition coefficient (Wildman–Crippen LogP) is 4.68. The van der Waals surface area contributed by atoms with Gasteiger partial charge in [-0.25, -0.2) is 4.79 Å². The molecule has 1 aliphatic carbocycles. The highest BCUT2D eigenvalue weighted by Crippen LogP contribution is 2.44. The van der Waals surface area contributed by atoms with Gasteiger partial charge in [-0.15, -0.1) is 0 Å². The zero-order chi connectivity index (χ0) is 27.5. The molecule has 0 aliphatic heterocycles. The van der Waals surface area contributed by atoms with Crippen molar-refractivity contribution in [3.8, 4) is 11.1 Å². The maximum Gasteiger partial charge on any atom is 0.407 e. The summed E-state index contributed by atoms with van der Waals surface area (Å²) < 4.78 is 11.0. The molecule has 1 unspecified atom stereocenters. The summed E-state index contributed by atoms with van der Waals surface area (Å²) >= 11 is 0. The van der Waals surface area contributed by atoms with Gasteiger partial charge < -0.3 is 25.2 Å².